The highest BCUT2D eigenvalue weighted by molar-refractivity contribution is 7.15. The van der Waals surface area contributed by atoms with Crippen LogP contribution in [0.5, 0.6) is 0 Å². The van der Waals surface area contributed by atoms with E-state index in [1.54, 1.807) is 0 Å². The molecule has 12 heteroatoms. The zero-order valence-corrected chi connectivity index (χ0v) is 13.8. The van der Waals surface area contributed by atoms with Crippen LogP contribution in [0.3, 0.4) is 0 Å². The number of hydrogen-bond acceptors (Lipinski definition) is 6. The minimum Gasteiger partial charge on any atom is -0.375 e. The third-order valence-corrected chi connectivity index (χ3v) is 4.01. The Morgan fingerprint density at radius 1 is 1.74 bits per heavy atom. The van der Waals surface area contributed by atoms with Gasteiger partial charge >= 0.3 is 6.03 Å². The van der Waals surface area contributed by atoms with E-state index in [4.69, 9.17) is 16.3 Å². The summed E-state index contributed by atoms with van der Waals surface area (Å²) in [6.07, 6.45) is 1.45. The van der Waals surface area contributed by atoms with Gasteiger partial charge in [-0.3, -0.25) is 5.32 Å². The summed E-state index contributed by atoms with van der Waals surface area (Å²) >= 11 is 6.94. The number of carbonyl (C=O) groups is 1. The maximum atomic E-state index is 12.1. The molecule has 1 atom stereocenters. The number of aromatic nitrogens is 1. The highest BCUT2D eigenvalue weighted by atomic mass is 35.5. The molecule has 1 unspecified atom stereocenters. The number of hydrazone groups is 1. The molecule has 0 bridgehead atoms. The second-order valence-corrected chi connectivity index (χ2v) is 6.37. The fourth-order valence-electron chi connectivity index (χ4n) is 1.91. The van der Waals surface area contributed by atoms with Gasteiger partial charge in [-0.1, -0.05) is 11.6 Å². The largest absolute Gasteiger partial charge is 0.375 e. The van der Waals surface area contributed by atoms with Gasteiger partial charge in [-0.25, -0.2) is 19.9 Å². The molecule has 23 heavy (non-hydrogen) atoms. The van der Waals surface area contributed by atoms with Crippen molar-refractivity contribution in [1.82, 2.24) is 20.5 Å². The SMILES string of the molecule is CC1CN(C(=O)N/C(=N/[N+](=O)[O-])NCc2cnc(Cl)s2)CCO1. The van der Waals surface area contributed by atoms with Crippen molar-refractivity contribution in [3.8, 4) is 0 Å². The molecule has 0 aliphatic carbocycles. The van der Waals surface area contributed by atoms with E-state index in [2.05, 4.69) is 20.7 Å². The monoisotopic (exact) mass is 362 g/mol. The fourth-order valence-corrected chi connectivity index (χ4v) is 2.82. The predicted octanol–water partition coefficient (Wildman–Crippen LogP) is 0.864. The van der Waals surface area contributed by atoms with Crippen molar-refractivity contribution in [2.75, 3.05) is 19.7 Å². The minimum atomic E-state index is -0.885. The summed E-state index contributed by atoms with van der Waals surface area (Å²) in [7, 11) is 0. The summed E-state index contributed by atoms with van der Waals surface area (Å²) in [6, 6.07) is -0.476. The van der Waals surface area contributed by atoms with E-state index in [0.717, 1.165) is 4.88 Å². The lowest BCUT2D eigenvalue weighted by atomic mass is 10.3. The number of guanidine groups is 1. The third kappa shape index (κ3) is 5.62. The average Bonchev–Trinajstić information content (AvgIpc) is 2.90. The van der Waals surface area contributed by atoms with Crippen molar-refractivity contribution in [2.45, 2.75) is 19.6 Å². The molecular formula is C11H15ClN6O4S. The zero-order valence-electron chi connectivity index (χ0n) is 12.2. The van der Waals surface area contributed by atoms with E-state index in [0.29, 0.717) is 24.2 Å². The second-order valence-electron chi connectivity index (χ2n) is 4.68. The van der Waals surface area contributed by atoms with Crippen LogP contribution in [0, 0.1) is 10.1 Å². The van der Waals surface area contributed by atoms with Gasteiger partial charge in [0.2, 0.25) is 0 Å². The summed E-state index contributed by atoms with van der Waals surface area (Å²) < 4.78 is 5.70. The molecule has 2 N–H and O–H groups in total. The van der Waals surface area contributed by atoms with Crippen molar-refractivity contribution in [3.05, 3.63) is 25.7 Å². The lowest BCUT2D eigenvalue weighted by Gasteiger charge is -2.31. The summed E-state index contributed by atoms with van der Waals surface area (Å²) in [4.78, 5) is 28.9. The fraction of sp³-hybridized carbons (Fsp3) is 0.545. The first-order chi connectivity index (χ1) is 10.9. The number of nitro groups is 1. The molecule has 1 aromatic rings. The number of thiazole rings is 1. The first kappa shape index (κ1) is 17.4. The Morgan fingerprint density at radius 2 is 2.52 bits per heavy atom. The Morgan fingerprint density at radius 3 is 3.13 bits per heavy atom. The first-order valence-electron chi connectivity index (χ1n) is 6.68. The summed E-state index contributed by atoms with van der Waals surface area (Å²) in [5.74, 6) is -0.247. The Hall–Kier alpha value is -1.98. The van der Waals surface area contributed by atoms with E-state index in [-0.39, 0.29) is 18.6 Å². The molecule has 0 radical (unpaired) electrons. The van der Waals surface area contributed by atoms with Crippen molar-refractivity contribution < 1.29 is 14.6 Å². The molecule has 1 aromatic heterocycles. The normalized spacial score (nSPS) is 18.6. The lowest BCUT2D eigenvalue weighted by molar-refractivity contribution is -0.485. The lowest BCUT2D eigenvalue weighted by Crippen LogP contribution is -2.52. The van der Waals surface area contributed by atoms with Crippen LogP contribution in [0.15, 0.2) is 11.3 Å². The van der Waals surface area contributed by atoms with Crippen molar-refractivity contribution in [1.29, 1.82) is 0 Å². The number of hydrogen-bond donors (Lipinski definition) is 2. The molecular weight excluding hydrogens is 348 g/mol. The molecule has 0 spiro atoms. The molecule has 126 valence electrons. The minimum absolute atomic E-state index is 0.0855. The highest BCUT2D eigenvalue weighted by Crippen LogP contribution is 2.17. The average molecular weight is 363 g/mol. The van der Waals surface area contributed by atoms with Crippen LogP contribution in [0.2, 0.25) is 4.47 Å². The maximum absolute atomic E-state index is 12.1. The molecule has 1 fully saturated rings. The Kier molecular flexibility index (Phi) is 6.07. The number of amides is 2. The van der Waals surface area contributed by atoms with Gasteiger partial charge in [-0.2, -0.15) is 0 Å². The maximum Gasteiger partial charge on any atom is 0.324 e. The van der Waals surface area contributed by atoms with E-state index in [9.17, 15) is 14.9 Å². The standard InChI is InChI=1S/C11H15ClN6O4S/c1-7-6-17(2-3-22-7)11(19)15-10(16-18(20)21)14-5-8-4-13-9(12)23-8/h4,7H,2-3,5-6H2,1H3,(H2,14,15,16,19). The van der Waals surface area contributed by atoms with Crippen molar-refractivity contribution in [3.63, 3.8) is 0 Å². The van der Waals surface area contributed by atoms with Gasteiger partial charge in [0.25, 0.3) is 5.96 Å². The number of carbonyl (C=O) groups excluding carboxylic acids is 1. The Labute approximate surface area is 140 Å². The predicted molar refractivity (Wildman–Crippen MR) is 83.9 cm³/mol. The smallest absolute Gasteiger partial charge is 0.324 e. The van der Waals surface area contributed by atoms with Gasteiger partial charge in [0.15, 0.2) is 9.50 Å². The molecule has 1 aliphatic heterocycles. The quantitative estimate of drug-likeness (QED) is 0.356. The van der Waals surface area contributed by atoms with Crippen molar-refractivity contribution in [2.24, 2.45) is 5.10 Å². The van der Waals surface area contributed by atoms with Crippen LogP contribution < -0.4 is 10.6 Å². The molecule has 1 saturated heterocycles. The first-order valence-corrected chi connectivity index (χ1v) is 7.88. The van der Waals surface area contributed by atoms with Gasteiger partial charge in [0.1, 0.15) is 5.10 Å². The van der Waals surface area contributed by atoms with Crippen LogP contribution in [0.1, 0.15) is 11.8 Å². The molecule has 10 nitrogen and oxygen atoms in total. The van der Waals surface area contributed by atoms with Crippen LogP contribution >= 0.6 is 22.9 Å². The van der Waals surface area contributed by atoms with Gasteiger partial charge in [-0.15, -0.1) is 11.3 Å². The van der Waals surface area contributed by atoms with E-state index >= 15 is 0 Å². The van der Waals surface area contributed by atoms with Gasteiger partial charge in [0, 0.05) is 24.2 Å². The number of urea groups is 1. The number of ether oxygens (including phenoxy) is 1. The number of nitrogens with zero attached hydrogens (tertiary/aromatic N) is 4. The Balaban J connectivity index is 1.95. The zero-order chi connectivity index (χ0) is 16.8. The molecule has 2 amide bonds. The molecule has 2 rings (SSSR count). The van der Waals surface area contributed by atoms with Crippen LogP contribution in [-0.4, -0.2) is 52.7 Å². The van der Waals surface area contributed by atoms with Gasteiger partial charge < -0.3 is 15.0 Å². The molecule has 2 heterocycles. The van der Waals surface area contributed by atoms with Crippen LogP contribution in [-0.2, 0) is 11.3 Å². The number of morpholine rings is 1. The second kappa shape index (κ2) is 8.04. The number of halogens is 1. The van der Waals surface area contributed by atoms with Gasteiger partial charge in [0.05, 0.1) is 19.3 Å². The topological polar surface area (TPSA) is 122 Å². The summed E-state index contributed by atoms with van der Waals surface area (Å²) in [6.45, 7) is 3.28. The van der Waals surface area contributed by atoms with E-state index < -0.39 is 11.1 Å². The third-order valence-electron chi connectivity index (χ3n) is 2.89. The molecule has 0 aromatic carbocycles. The summed E-state index contributed by atoms with van der Waals surface area (Å²) in [5.41, 5.74) is 0. The van der Waals surface area contributed by atoms with Gasteiger partial charge in [-0.05, 0) is 6.92 Å². The van der Waals surface area contributed by atoms with E-state index in [1.807, 2.05) is 6.92 Å². The molecule has 0 saturated carbocycles. The number of rotatable bonds is 3. The summed E-state index contributed by atoms with van der Waals surface area (Å²) in [5, 5.41) is 17.9. The van der Waals surface area contributed by atoms with Crippen LogP contribution in [0.4, 0.5) is 4.79 Å². The highest BCUT2D eigenvalue weighted by Gasteiger charge is 2.23. The van der Waals surface area contributed by atoms with E-state index in [1.165, 1.54) is 22.4 Å². The molecule has 1 aliphatic rings. The number of nitrogens with one attached hydrogen (secondary N) is 2. The van der Waals surface area contributed by atoms with Crippen LogP contribution in [0.25, 0.3) is 0 Å². The van der Waals surface area contributed by atoms with Crippen molar-refractivity contribution >= 4 is 34.9 Å². The Bertz CT molecular complexity index is 609.